The van der Waals surface area contributed by atoms with Crippen LogP contribution in [-0.4, -0.2) is 65.1 Å². The molecule has 1 rings (SSSR count). The number of carbonyl (C=O) groups excluding carboxylic acids is 1. The van der Waals surface area contributed by atoms with E-state index in [-0.39, 0.29) is 0 Å². The molecule has 31 heavy (non-hydrogen) atoms. The van der Waals surface area contributed by atoms with Gasteiger partial charge in [-0.3, -0.25) is 0 Å². The van der Waals surface area contributed by atoms with Gasteiger partial charge in [-0.1, -0.05) is 6.58 Å². The van der Waals surface area contributed by atoms with Crippen molar-refractivity contribution in [3.63, 3.8) is 0 Å². The van der Waals surface area contributed by atoms with Crippen LogP contribution in [-0.2, 0) is 14.3 Å². The minimum atomic E-state index is -7.96. The number of hydrogen-bond donors (Lipinski definition) is 1. The van der Waals surface area contributed by atoms with E-state index in [4.69, 9.17) is 5.11 Å². The Morgan fingerprint density at radius 2 is 1.35 bits per heavy atom. The van der Waals surface area contributed by atoms with Crippen LogP contribution in [0.5, 0.6) is 0 Å². The predicted octanol–water partition coefficient (Wildman–Crippen LogP) is 4.23. The van der Waals surface area contributed by atoms with Gasteiger partial charge < -0.3 is 14.6 Å². The Bertz CT molecular complexity index is 754. The van der Waals surface area contributed by atoms with Gasteiger partial charge in [0.2, 0.25) is 0 Å². The van der Waals surface area contributed by atoms with Crippen LogP contribution in [0.15, 0.2) is 12.2 Å². The van der Waals surface area contributed by atoms with Gasteiger partial charge in [0.15, 0.2) is 0 Å². The summed E-state index contributed by atoms with van der Waals surface area (Å²) >= 11 is 0. The molecule has 1 heterocycles. The molecule has 0 radical (unpaired) electrons. The lowest BCUT2D eigenvalue weighted by atomic mass is 9.81. The quantitative estimate of drug-likeness (QED) is 0.354. The maximum Gasteiger partial charge on any atom is 0.460 e. The molecule has 1 saturated heterocycles. The predicted molar refractivity (Wildman–Crippen MR) is 66.4 cm³/mol. The molecule has 1 aliphatic rings. The lowest BCUT2D eigenvalue weighted by Crippen LogP contribution is -2.77. The normalized spacial score (nSPS) is 27.9. The summed E-state index contributed by atoms with van der Waals surface area (Å²) in [6.45, 7) is -0.267. The fourth-order valence-electron chi connectivity index (χ4n) is 2.24. The average Bonchev–Trinajstić information content (AvgIpc) is 2.75. The van der Waals surface area contributed by atoms with Crippen molar-refractivity contribution in [1.82, 2.24) is 0 Å². The average molecular weight is 494 g/mol. The lowest BCUT2D eigenvalue weighted by molar-refractivity contribution is -0.445. The molecule has 0 aromatic heterocycles. The van der Waals surface area contributed by atoms with Crippen molar-refractivity contribution in [2.75, 3.05) is 6.61 Å². The summed E-state index contributed by atoms with van der Waals surface area (Å²) in [5.74, 6) is -39.2. The molecule has 0 amide bonds. The molecule has 2 unspecified atom stereocenters. The first-order chi connectivity index (χ1) is 13.3. The molecular weight excluding hydrogens is 486 g/mol. The van der Waals surface area contributed by atoms with E-state index < -0.39 is 65.6 Å². The van der Waals surface area contributed by atoms with E-state index >= 15 is 0 Å². The molecule has 1 aliphatic heterocycles. The van der Waals surface area contributed by atoms with E-state index in [0.29, 0.717) is 6.92 Å². The molecule has 182 valence electrons. The second-order valence-electron chi connectivity index (χ2n) is 6.22. The molecule has 0 aromatic rings. The van der Waals surface area contributed by atoms with Crippen molar-refractivity contribution in [2.45, 2.75) is 54.4 Å². The van der Waals surface area contributed by atoms with Gasteiger partial charge in [-0.25, -0.2) is 4.79 Å². The molecule has 1 N–H and O–H groups in total. The molecule has 0 aromatic carbocycles. The number of carbonyl (C=O) groups is 1. The van der Waals surface area contributed by atoms with E-state index in [0.717, 1.165) is 0 Å². The third-order valence-corrected chi connectivity index (χ3v) is 4.07. The van der Waals surface area contributed by atoms with Gasteiger partial charge in [0.05, 0.1) is 0 Å². The molecule has 0 spiro atoms. The smallest absolute Gasteiger partial charge is 0.440 e. The number of esters is 1. The Labute approximate surface area is 161 Å². The lowest BCUT2D eigenvalue weighted by Gasteiger charge is -2.45. The Kier molecular flexibility index (Phi) is 5.98. The van der Waals surface area contributed by atoms with Gasteiger partial charge in [-0.05, 0) is 6.92 Å². The van der Waals surface area contributed by atoms with E-state index in [9.17, 15) is 66.3 Å². The zero-order chi connectivity index (χ0) is 25.3. The molecular formula is C13H8F14O4. The highest BCUT2D eigenvalue weighted by molar-refractivity contribution is 5.87. The van der Waals surface area contributed by atoms with Crippen LogP contribution < -0.4 is 0 Å². The second kappa shape index (κ2) is 6.82. The summed E-state index contributed by atoms with van der Waals surface area (Å²) in [4.78, 5) is 11.4. The minimum Gasteiger partial charge on any atom is -0.440 e. The molecule has 0 saturated carbocycles. The van der Waals surface area contributed by atoms with Crippen LogP contribution in [0, 0.1) is 0 Å². The van der Waals surface area contributed by atoms with Crippen LogP contribution >= 0.6 is 0 Å². The van der Waals surface area contributed by atoms with Gasteiger partial charge in [0.25, 0.3) is 5.60 Å². The Hall–Kier alpha value is -1.85. The molecule has 4 nitrogen and oxygen atoms in total. The van der Waals surface area contributed by atoms with E-state index in [1.807, 2.05) is 0 Å². The molecule has 2 atom stereocenters. The first kappa shape index (κ1) is 27.2. The highest BCUT2D eigenvalue weighted by Crippen LogP contribution is 2.65. The maximum atomic E-state index is 14.4. The number of halogens is 14. The van der Waals surface area contributed by atoms with Gasteiger partial charge in [-0.15, -0.1) is 0 Å². The monoisotopic (exact) mass is 494 g/mol. The van der Waals surface area contributed by atoms with Crippen LogP contribution in [0.4, 0.5) is 61.5 Å². The number of ether oxygens (including phenoxy) is 2. The number of hydrogen-bond acceptors (Lipinski definition) is 4. The van der Waals surface area contributed by atoms with Crippen molar-refractivity contribution in [1.29, 1.82) is 0 Å². The van der Waals surface area contributed by atoms with Gasteiger partial charge >= 0.3 is 47.8 Å². The van der Waals surface area contributed by atoms with Crippen LogP contribution in [0.3, 0.4) is 0 Å². The third-order valence-electron chi connectivity index (χ3n) is 4.07. The third kappa shape index (κ3) is 3.23. The van der Waals surface area contributed by atoms with Crippen molar-refractivity contribution in [3.8, 4) is 0 Å². The van der Waals surface area contributed by atoms with Gasteiger partial charge in [0, 0.05) is 5.57 Å². The second-order valence-corrected chi connectivity index (χ2v) is 6.22. The zero-order valence-corrected chi connectivity index (χ0v) is 14.4. The standard InChI is InChI=1S/C13H8F14O4/c1-4(2)5(28)31-6(3-30-11(29,8(6,16)17)13(25,26)27)7(14,15)9(18,19)10(20,21)12(22,23)24/h29H,1,3H2,2H3. The number of aliphatic hydroxyl groups is 1. The largest absolute Gasteiger partial charge is 0.460 e. The van der Waals surface area contributed by atoms with Crippen molar-refractivity contribution in [2.24, 2.45) is 0 Å². The van der Waals surface area contributed by atoms with Gasteiger partial charge in [-0.2, -0.15) is 61.5 Å². The van der Waals surface area contributed by atoms with Gasteiger partial charge in [0.1, 0.15) is 6.61 Å². The first-order valence-electron chi connectivity index (χ1n) is 7.18. The van der Waals surface area contributed by atoms with E-state index in [1.54, 1.807) is 0 Å². The first-order valence-corrected chi connectivity index (χ1v) is 7.18. The number of rotatable bonds is 5. The van der Waals surface area contributed by atoms with Crippen LogP contribution in [0.1, 0.15) is 6.92 Å². The van der Waals surface area contributed by atoms with Crippen LogP contribution in [0.25, 0.3) is 0 Å². The fourth-order valence-corrected chi connectivity index (χ4v) is 2.24. The fraction of sp³-hybridized carbons (Fsp3) is 0.769. The summed E-state index contributed by atoms with van der Waals surface area (Å²) in [5, 5.41) is 9.04. The highest BCUT2D eigenvalue weighted by atomic mass is 19.4. The Balaban J connectivity index is 3.95. The Morgan fingerprint density at radius 1 is 0.935 bits per heavy atom. The summed E-state index contributed by atoms with van der Waals surface area (Å²) in [6.07, 6.45) is -14.4. The zero-order valence-electron chi connectivity index (χ0n) is 14.4. The maximum absolute atomic E-state index is 14.4. The highest BCUT2D eigenvalue weighted by Gasteiger charge is 2.97. The molecule has 0 aliphatic carbocycles. The van der Waals surface area contributed by atoms with Crippen LogP contribution in [0.2, 0.25) is 0 Å². The summed E-state index contributed by atoms with van der Waals surface area (Å²) in [5.41, 5.74) is -7.47. The van der Waals surface area contributed by atoms with Crippen molar-refractivity contribution in [3.05, 3.63) is 12.2 Å². The minimum absolute atomic E-state index is 0.431. The summed E-state index contributed by atoms with van der Waals surface area (Å²) < 4.78 is 193. The molecule has 1 fully saturated rings. The number of alkyl halides is 14. The molecule has 0 bridgehead atoms. The van der Waals surface area contributed by atoms with E-state index in [1.165, 1.54) is 0 Å². The summed E-state index contributed by atoms with van der Waals surface area (Å²) in [7, 11) is 0. The SMILES string of the molecule is C=C(C)C(=O)OC1(C(F)(F)C(F)(F)C(F)(F)C(F)(F)F)COC(O)(C(F)(F)F)C1(F)F. The van der Waals surface area contributed by atoms with E-state index in [2.05, 4.69) is 16.1 Å². The molecule has 18 heteroatoms. The summed E-state index contributed by atoms with van der Waals surface area (Å²) in [6, 6.07) is 0. The Morgan fingerprint density at radius 3 is 1.65 bits per heavy atom. The van der Waals surface area contributed by atoms with Crippen molar-refractivity contribution >= 4 is 5.97 Å². The van der Waals surface area contributed by atoms with Crippen molar-refractivity contribution < 1.29 is 80.8 Å². The topological polar surface area (TPSA) is 55.8 Å².